The zero-order chi connectivity index (χ0) is 23.3. The van der Waals surface area contributed by atoms with E-state index in [1.165, 1.54) is 17.0 Å². The normalized spacial score (nSPS) is 18.7. The summed E-state index contributed by atoms with van der Waals surface area (Å²) in [7, 11) is 0. The van der Waals surface area contributed by atoms with Crippen LogP contribution in [0.4, 0.5) is 5.69 Å². The first kappa shape index (κ1) is 20.6. The van der Waals surface area contributed by atoms with Crippen molar-refractivity contribution in [2.45, 2.75) is 19.9 Å². The summed E-state index contributed by atoms with van der Waals surface area (Å²) in [5.41, 5.74) is 3.20. The summed E-state index contributed by atoms with van der Waals surface area (Å²) < 4.78 is 10.7. The van der Waals surface area contributed by atoms with Crippen molar-refractivity contribution in [2.75, 3.05) is 11.7 Å². The van der Waals surface area contributed by atoms with Gasteiger partial charge >= 0.3 is 0 Å². The van der Waals surface area contributed by atoms with Gasteiger partial charge in [0.05, 0.1) is 11.6 Å². The lowest BCUT2D eigenvalue weighted by molar-refractivity contribution is -0.132. The van der Waals surface area contributed by atoms with E-state index in [4.69, 9.17) is 9.47 Å². The number of ether oxygens (including phenoxy) is 2. The van der Waals surface area contributed by atoms with Gasteiger partial charge in [0.1, 0.15) is 11.5 Å². The quantitative estimate of drug-likeness (QED) is 0.355. The Kier molecular flexibility index (Phi) is 4.82. The van der Waals surface area contributed by atoms with Crippen LogP contribution in [0.5, 0.6) is 17.2 Å². The Bertz CT molecular complexity index is 1330. The minimum absolute atomic E-state index is 0.0366. The number of amides is 1. The molecule has 33 heavy (non-hydrogen) atoms. The third kappa shape index (κ3) is 3.38. The highest BCUT2D eigenvalue weighted by molar-refractivity contribution is 6.51. The predicted octanol–water partition coefficient (Wildman–Crippen LogP) is 4.36. The molecule has 0 aromatic heterocycles. The van der Waals surface area contributed by atoms with E-state index in [1.807, 2.05) is 32.0 Å². The number of hydrogen-bond donors (Lipinski definition) is 2. The van der Waals surface area contributed by atoms with Crippen LogP contribution in [-0.2, 0) is 9.59 Å². The lowest BCUT2D eigenvalue weighted by atomic mass is 9.94. The number of fused-ring (bicyclic) bond motifs is 1. The summed E-state index contributed by atoms with van der Waals surface area (Å²) in [5, 5.41) is 21.0. The molecule has 1 fully saturated rings. The molecule has 2 aliphatic heterocycles. The average molecular weight is 443 g/mol. The van der Waals surface area contributed by atoms with Gasteiger partial charge < -0.3 is 19.7 Å². The number of Topliss-reactive ketones (excluding diaryl/α,β-unsaturated/α-hetero) is 1. The third-order valence-electron chi connectivity index (χ3n) is 5.92. The molecule has 1 unspecified atom stereocenters. The first-order valence-electron chi connectivity index (χ1n) is 10.4. The first-order valence-corrected chi connectivity index (χ1v) is 10.4. The fourth-order valence-corrected chi connectivity index (χ4v) is 4.23. The monoisotopic (exact) mass is 443 g/mol. The van der Waals surface area contributed by atoms with E-state index < -0.39 is 17.7 Å². The molecule has 3 aromatic carbocycles. The molecule has 0 bridgehead atoms. The maximum atomic E-state index is 13.3. The SMILES string of the molecule is Cc1ccc(C)c(N2C(=O)C(=O)/C(=C(\O)c3ccc4c(c3)OCO4)C2c2ccc(O)cc2)c1. The highest BCUT2D eigenvalue weighted by Crippen LogP contribution is 2.44. The lowest BCUT2D eigenvalue weighted by Crippen LogP contribution is -2.30. The first-order chi connectivity index (χ1) is 15.8. The number of nitrogens with zero attached hydrogens (tertiary/aromatic N) is 1. The van der Waals surface area contributed by atoms with Gasteiger partial charge in [-0.1, -0.05) is 24.3 Å². The van der Waals surface area contributed by atoms with Gasteiger partial charge in [-0.05, 0) is 66.9 Å². The molecule has 5 rings (SSSR count). The van der Waals surface area contributed by atoms with E-state index in [2.05, 4.69) is 0 Å². The Morgan fingerprint density at radius 3 is 2.42 bits per heavy atom. The number of rotatable bonds is 3. The van der Waals surface area contributed by atoms with Crippen molar-refractivity contribution in [1.29, 1.82) is 0 Å². The Morgan fingerprint density at radius 2 is 1.67 bits per heavy atom. The number of hydrogen-bond acceptors (Lipinski definition) is 6. The minimum atomic E-state index is -0.878. The zero-order valence-electron chi connectivity index (χ0n) is 18.0. The molecule has 7 nitrogen and oxygen atoms in total. The van der Waals surface area contributed by atoms with E-state index in [1.54, 1.807) is 30.3 Å². The van der Waals surface area contributed by atoms with Crippen molar-refractivity contribution < 1.29 is 29.3 Å². The Hall–Kier alpha value is -4.26. The van der Waals surface area contributed by atoms with Crippen molar-refractivity contribution in [1.82, 2.24) is 0 Å². The summed E-state index contributed by atoms with van der Waals surface area (Å²) in [6, 6.07) is 15.9. The highest BCUT2D eigenvalue weighted by atomic mass is 16.7. The number of ketones is 1. The maximum Gasteiger partial charge on any atom is 0.300 e. The van der Waals surface area contributed by atoms with Crippen molar-refractivity contribution in [3.8, 4) is 17.2 Å². The summed E-state index contributed by atoms with van der Waals surface area (Å²) in [6.45, 7) is 3.84. The molecule has 2 N–H and O–H groups in total. The minimum Gasteiger partial charge on any atom is -0.508 e. The molecule has 0 radical (unpaired) electrons. The van der Waals surface area contributed by atoms with Crippen LogP contribution in [0.3, 0.4) is 0 Å². The third-order valence-corrected chi connectivity index (χ3v) is 5.92. The lowest BCUT2D eigenvalue weighted by Gasteiger charge is -2.27. The smallest absolute Gasteiger partial charge is 0.300 e. The fourth-order valence-electron chi connectivity index (χ4n) is 4.23. The number of phenols is 1. The van der Waals surface area contributed by atoms with Gasteiger partial charge in [-0.3, -0.25) is 14.5 Å². The van der Waals surface area contributed by atoms with Gasteiger partial charge in [-0.15, -0.1) is 0 Å². The van der Waals surface area contributed by atoms with E-state index in [0.717, 1.165) is 11.1 Å². The maximum absolute atomic E-state index is 13.3. The van der Waals surface area contributed by atoms with Crippen LogP contribution in [0, 0.1) is 13.8 Å². The van der Waals surface area contributed by atoms with Crippen LogP contribution in [0.2, 0.25) is 0 Å². The van der Waals surface area contributed by atoms with Crippen LogP contribution < -0.4 is 14.4 Å². The van der Waals surface area contributed by atoms with Gasteiger partial charge in [0.2, 0.25) is 6.79 Å². The second-order valence-electron chi connectivity index (χ2n) is 8.12. The second-order valence-corrected chi connectivity index (χ2v) is 8.12. The van der Waals surface area contributed by atoms with E-state index in [-0.39, 0.29) is 23.9 Å². The number of aryl methyl sites for hydroxylation is 2. The van der Waals surface area contributed by atoms with Crippen LogP contribution in [0.15, 0.2) is 66.2 Å². The highest BCUT2D eigenvalue weighted by Gasteiger charge is 2.47. The molecule has 1 atom stereocenters. The predicted molar refractivity (Wildman–Crippen MR) is 121 cm³/mol. The molecule has 0 aliphatic carbocycles. The molecule has 1 saturated heterocycles. The van der Waals surface area contributed by atoms with Gasteiger partial charge in [-0.2, -0.15) is 0 Å². The van der Waals surface area contributed by atoms with E-state index in [9.17, 15) is 19.8 Å². The molecule has 1 amide bonds. The number of aliphatic hydroxyl groups excluding tert-OH is 1. The van der Waals surface area contributed by atoms with E-state index in [0.29, 0.717) is 28.3 Å². The largest absolute Gasteiger partial charge is 0.508 e. The van der Waals surface area contributed by atoms with E-state index >= 15 is 0 Å². The van der Waals surface area contributed by atoms with Gasteiger partial charge in [-0.25, -0.2) is 0 Å². The molecule has 2 aliphatic rings. The summed E-state index contributed by atoms with van der Waals surface area (Å²) in [5.74, 6) is -0.787. The Labute approximate surface area is 190 Å². The van der Waals surface area contributed by atoms with Gasteiger partial charge in [0.25, 0.3) is 11.7 Å². The van der Waals surface area contributed by atoms with Crippen LogP contribution in [-0.4, -0.2) is 28.7 Å². The van der Waals surface area contributed by atoms with Crippen molar-refractivity contribution >= 4 is 23.1 Å². The van der Waals surface area contributed by atoms with Crippen LogP contribution in [0.1, 0.15) is 28.3 Å². The Balaban J connectivity index is 1.73. The number of aliphatic hydroxyl groups is 1. The van der Waals surface area contributed by atoms with Crippen molar-refractivity contribution in [3.05, 3.63) is 88.5 Å². The average Bonchev–Trinajstić information content (AvgIpc) is 3.38. The zero-order valence-corrected chi connectivity index (χ0v) is 18.0. The molecule has 2 heterocycles. The number of carbonyl (C=O) groups excluding carboxylic acids is 2. The van der Waals surface area contributed by atoms with Gasteiger partial charge in [0.15, 0.2) is 11.5 Å². The van der Waals surface area contributed by atoms with Gasteiger partial charge in [0, 0.05) is 11.3 Å². The van der Waals surface area contributed by atoms with Crippen molar-refractivity contribution in [3.63, 3.8) is 0 Å². The number of benzene rings is 3. The number of carbonyl (C=O) groups is 2. The topological polar surface area (TPSA) is 96.3 Å². The molecular formula is C26H21NO6. The summed E-state index contributed by atoms with van der Waals surface area (Å²) >= 11 is 0. The summed E-state index contributed by atoms with van der Waals surface area (Å²) in [6.07, 6.45) is 0. The Morgan fingerprint density at radius 1 is 0.939 bits per heavy atom. The van der Waals surface area contributed by atoms with Crippen LogP contribution >= 0.6 is 0 Å². The van der Waals surface area contributed by atoms with Crippen molar-refractivity contribution in [2.24, 2.45) is 0 Å². The number of phenolic OH excluding ortho intramolecular Hbond substituents is 1. The molecular weight excluding hydrogens is 422 g/mol. The second kappa shape index (κ2) is 7.70. The fraction of sp³-hybridized carbons (Fsp3) is 0.154. The van der Waals surface area contributed by atoms with Crippen LogP contribution in [0.25, 0.3) is 5.76 Å². The number of aromatic hydroxyl groups is 1. The summed E-state index contributed by atoms with van der Waals surface area (Å²) in [4.78, 5) is 28.0. The standard InChI is InChI=1S/C26H21NO6/c1-14-3-4-15(2)19(11-14)27-23(16-5-8-18(28)9-6-16)22(25(30)26(27)31)24(29)17-7-10-20-21(12-17)33-13-32-20/h3-12,23,28-29H,13H2,1-2H3/b24-22-. The number of anilines is 1. The molecule has 166 valence electrons. The molecule has 0 spiro atoms. The molecule has 7 heteroatoms. The molecule has 0 saturated carbocycles. The molecule has 3 aromatic rings.